The topological polar surface area (TPSA) is 106 Å². The Bertz CT molecular complexity index is 1450. The van der Waals surface area contributed by atoms with Crippen LogP contribution in [0.5, 0.6) is 5.75 Å². The van der Waals surface area contributed by atoms with Crippen LogP contribution in [0.2, 0.25) is 0 Å². The highest BCUT2D eigenvalue weighted by molar-refractivity contribution is 5.76. The maximum absolute atomic E-state index is 13.3. The molecule has 4 aromatic rings. The van der Waals surface area contributed by atoms with E-state index < -0.39 is 0 Å². The van der Waals surface area contributed by atoms with Crippen LogP contribution in [0.15, 0.2) is 35.5 Å². The molecule has 0 spiro atoms. The van der Waals surface area contributed by atoms with Crippen LogP contribution in [0.4, 0.5) is 17.3 Å². The maximum atomic E-state index is 13.3. The maximum Gasteiger partial charge on any atom is 0.298 e. The molecule has 4 heterocycles. The van der Waals surface area contributed by atoms with Crippen molar-refractivity contribution < 1.29 is 4.74 Å². The lowest BCUT2D eigenvalue weighted by atomic mass is 10.2. The molecule has 1 aliphatic heterocycles. The van der Waals surface area contributed by atoms with E-state index in [4.69, 9.17) is 9.72 Å². The first-order valence-electron chi connectivity index (χ1n) is 12.7. The van der Waals surface area contributed by atoms with Crippen LogP contribution in [-0.2, 0) is 0 Å². The molecule has 11 heteroatoms. The van der Waals surface area contributed by atoms with E-state index in [2.05, 4.69) is 49.4 Å². The largest absolute Gasteiger partial charge is 0.494 e. The van der Waals surface area contributed by atoms with Crippen molar-refractivity contribution in [1.29, 1.82) is 0 Å². The highest BCUT2D eigenvalue weighted by Crippen LogP contribution is 2.33. The average molecular weight is 490 g/mol. The number of ether oxygens (including phenoxy) is 1. The zero-order valence-corrected chi connectivity index (χ0v) is 20.7. The van der Waals surface area contributed by atoms with Gasteiger partial charge in [-0.15, -0.1) is 10.2 Å². The van der Waals surface area contributed by atoms with Gasteiger partial charge in [-0.1, -0.05) is 19.8 Å². The quantitative estimate of drug-likeness (QED) is 0.438. The van der Waals surface area contributed by atoms with E-state index in [1.54, 1.807) is 22.3 Å². The van der Waals surface area contributed by atoms with Gasteiger partial charge in [0.25, 0.3) is 5.56 Å². The van der Waals surface area contributed by atoms with Gasteiger partial charge in [0.05, 0.1) is 19.0 Å². The van der Waals surface area contributed by atoms with Gasteiger partial charge >= 0.3 is 0 Å². The summed E-state index contributed by atoms with van der Waals surface area (Å²) in [6.07, 6.45) is 7.37. The van der Waals surface area contributed by atoms with Crippen molar-refractivity contribution in [3.8, 4) is 5.75 Å². The fraction of sp³-hybridized carbons (Fsp3) is 0.480. The molecule has 1 N–H and O–H groups in total. The molecule has 0 amide bonds. The molecule has 36 heavy (non-hydrogen) atoms. The van der Waals surface area contributed by atoms with Crippen molar-refractivity contribution in [3.05, 3.63) is 41.1 Å². The fourth-order valence-electron chi connectivity index (χ4n) is 5.46. The minimum Gasteiger partial charge on any atom is -0.494 e. The first-order valence-corrected chi connectivity index (χ1v) is 12.7. The third-order valence-electron chi connectivity index (χ3n) is 7.50. The zero-order valence-electron chi connectivity index (χ0n) is 20.7. The molecule has 0 atom stereocenters. The molecule has 1 saturated heterocycles. The number of benzene rings is 1. The van der Waals surface area contributed by atoms with E-state index in [0.29, 0.717) is 22.8 Å². The molecule has 11 nitrogen and oxygen atoms in total. The second kappa shape index (κ2) is 9.38. The van der Waals surface area contributed by atoms with E-state index in [9.17, 15) is 4.79 Å². The molecule has 1 aliphatic carbocycles. The number of hydrogen-bond acceptors (Lipinski definition) is 9. The molecule has 0 radical (unpaired) electrons. The Balaban J connectivity index is 1.35. The van der Waals surface area contributed by atoms with Crippen molar-refractivity contribution in [3.63, 3.8) is 0 Å². The van der Waals surface area contributed by atoms with Crippen LogP contribution in [-0.4, -0.2) is 73.9 Å². The number of fused-ring (bicyclic) bond motifs is 3. The van der Waals surface area contributed by atoms with Crippen LogP contribution in [0.3, 0.4) is 0 Å². The molecule has 188 valence electrons. The van der Waals surface area contributed by atoms with Gasteiger partial charge in [0.15, 0.2) is 5.65 Å². The molecular weight excluding hydrogens is 458 g/mol. The molecule has 0 unspecified atom stereocenters. The number of nitrogens with one attached hydrogen (secondary N) is 1. The van der Waals surface area contributed by atoms with Crippen molar-refractivity contribution in [2.45, 2.75) is 38.6 Å². The van der Waals surface area contributed by atoms with Crippen molar-refractivity contribution in [2.24, 2.45) is 0 Å². The summed E-state index contributed by atoms with van der Waals surface area (Å²) in [5, 5.41) is 11.3. The summed E-state index contributed by atoms with van der Waals surface area (Å²) < 4.78 is 9.17. The Kier molecular flexibility index (Phi) is 5.92. The van der Waals surface area contributed by atoms with Crippen LogP contribution in [0.1, 0.15) is 38.6 Å². The second-order valence-electron chi connectivity index (χ2n) is 9.47. The van der Waals surface area contributed by atoms with Gasteiger partial charge in [0.1, 0.15) is 17.6 Å². The number of nitrogens with zero attached hydrogens (tertiary/aromatic N) is 8. The number of anilines is 3. The van der Waals surface area contributed by atoms with Crippen LogP contribution in [0.25, 0.3) is 16.8 Å². The third kappa shape index (κ3) is 3.93. The monoisotopic (exact) mass is 489 g/mol. The summed E-state index contributed by atoms with van der Waals surface area (Å²) in [5.74, 6) is 1.13. The number of rotatable bonds is 6. The van der Waals surface area contributed by atoms with E-state index in [1.165, 1.54) is 6.33 Å². The standard InChI is InChI=1S/C25H31N9O2/c1-3-31-10-12-32(13-11-31)18-8-9-19(21(14-18)36-2)28-25-26-15-20-22(29-25)34(17-6-4-5-7-17)24(35)23-30-27-16-33(20)23/h8-9,14-17H,3-7,10-13H2,1-2H3,(H,26,28,29). The lowest BCUT2D eigenvalue weighted by Crippen LogP contribution is -2.46. The van der Waals surface area contributed by atoms with Gasteiger partial charge in [0.2, 0.25) is 11.6 Å². The normalized spacial score (nSPS) is 17.3. The molecule has 6 rings (SSSR count). The Hall–Kier alpha value is -3.73. The lowest BCUT2D eigenvalue weighted by molar-refractivity contribution is 0.271. The zero-order chi connectivity index (χ0) is 24.6. The van der Waals surface area contributed by atoms with Gasteiger partial charge in [0, 0.05) is 44.0 Å². The van der Waals surface area contributed by atoms with Gasteiger partial charge in [-0.05, 0) is 31.5 Å². The first-order chi connectivity index (χ1) is 17.7. The minimum atomic E-state index is -0.165. The van der Waals surface area contributed by atoms with E-state index >= 15 is 0 Å². The summed E-state index contributed by atoms with van der Waals surface area (Å²) in [7, 11) is 1.67. The predicted molar refractivity (Wildman–Crippen MR) is 138 cm³/mol. The van der Waals surface area contributed by atoms with Crippen LogP contribution in [0, 0.1) is 0 Å². The Morgan fingerprint density at radius 3 is 2.67 bits per heavy atom. The van der Waals surface area contributed by atoms with Gasteiger partial charge in [-0.3, -0.25) is 13.8 Å². The number of likely N-dealkylation sites (N-methyl/N-ethyl adjacent to an activating group) is 1. The van der Waals surface area contributed by atoms with E-state index in [0.717, 1.165) is 75.5 Å². The van der Waals surface area contributed by atoms with E-state index in [1.807, 2.05) is 6.07 Å². The van der Waals surface area contributed by atoms with Crippen LogP contribution >= 0.6 is 0 Å². The minimum absolute atomic E-state index is 0.103. The molecular formula is C25H31N9O2. The number of hydrogen-bond donors (Lipinski definition) is 1. The third-order valence-corrected chi connectivity index (χ3v) is 7.50. The number of methoxy groups -OCH3 is 1. The molecule has 1 saturated carbocycles. The Morgan fingerprint density at radius 2 is 1.92 bits per heavy atom. The summed E-state index contributed by atoms with van der Waals surface area (Å²) in [4.78, 5) is 27.5. The molecule has 2 fully saturated rings. The second-order valence-corrected chi connectivity index (χ2v) is 9.47. The number of aromatic nitrogens is 6. The Labute approximate surface area is 208 Å². The lowest BCUT2D eigenvalue weighted by Gasteiger charge is -2.35. The van der Waals surface area contributed by atoms with Gasteiger partial charge < -0.3 is 19.9 Å². The summed E-state index contributed by atoms with van der Waals surface area (Å²) in [6.45, 7) is 7.40. The van der Waals surface area contributed by atoms with Gasteiger partial charge in [-0.2, -0.15) is 4.98 Å². The fourth-order valence-corrected chi connectivity index (χ4v) is 5.46. The molecule has 0 bridgehead atoms. The first kappa shape index (κ1) is 22.7. The van der Waals surface area contributed by atoms with Crippen molar-refractivity contribution in [1.82, 2.24) is 34.0 Å². The average Bonchev–Trinajstić information content (AvgIpc) is 3.62. The van der Waals surface area contributed by atoms with Crippen molar-refractivity contribution >= 4 is 34.1 Å². The molecule has 2 aliphatic rings. The smallest absolute Gasteiger partial charge is 0.298 e. The highest BCUT2D eigenvalue weighted by Gasteiger charge is 2.24. The van der Waals surface area contributed by atoms with Crippen molar-refractivity contribution in [2.75, 3.05) is 50.1 Å². The molecule has 3 aromatic heterocycles. The highest BCUT2D eigenvalue weighted by atomic mass is 16.5. The summed E-state index contributed by atoms with van der Waals surface area (Å²) >= 11 is 0. The molecule has 1 aromatic carbocycles. The summed E-state index contributed by atoms with van der Waals surface area (Å²) in [6, 6.07) is 6.26. The predicted octanol–water partition coefficient (Wildman–Crippen LogP) is 2.84. The van der Waals surface area contributed by atoms with Gasteiger partial charge in [-0.25, -0.2) is 4.98 Å². The number of piperazine rings is 1. The van der Waals surface area contributed by atoms with Crippen LogP contribution < -0.4 is 20.5 Å². The SMILES string of the molecule is CCN1CCN(c2ccc(Nc3ncc4c(n3)n(C3CCCC3)c(=O)c3nncn34)c(OC)c2)CC1. The van der Waals surface area contributed by atoms with E-state index in [-0.39, 0.29) is 11.6 Å². The Morgan fingerprint density at radius 1 is 1.11 bits per heavy atom. The summed E-state index contributed by atoms with van der Waals surface area (Å²) in [5.41, 5.74) is 3.34.